The molecule has 506 valence electrons. The summed E-state index contributed by atoms with van der Waals surface area (Å²) in [6.07, 6.45) is 7.29. The Kier molecular flexibility index (Phi) is 19.7. The molecule has 8 aliphatic rings. The Morgan fingerprint density at radius 3 is 2.18 bits per heavy atom. The number of ether oxygens (including phenoxy) is 7. The Morgan fingerprint density at radius 1 is 0.849 bits per heavy atom. The molecule has 2 bridgehead atoms. The van der Waals surface area contributed by atoms with Gasteiger partial charge in [0.25, 0.3) is 0 Å². The average molecular weight is 1280 g/mol. The lowest BCUT2D eigenvalue weighted by Gasteiger charge is -2.68. The van der Waals surface area contributed by atoms with Crippen LogP contribution in [-0.2, 0) is 57.1 Å². The number of Topliss-reactive ketones (excluding diaryl/α,β-unsaturated/α-hetero) is 1. The first kappa shape index (κ1) is 69.5. The molecular formula is C77H103NO15. The molecule has 1 heterocycles. The topological polar surface area (TPSA) is 216 Å². The second kappa shape index (κ2) is 26.4. The first-order chi connectivity index (χ1) is 43.7. The van der Waals surface area contributed by atoms with Crippen molar-refractivity contribution >= 4 is 41.7 Å². The number of rotatable bonds is 16. The van der Waals surface area contributed by atoms with E-state index in [1.54, 1.807) is 116 Å². The number of esters is 5. The number of amides is 1. The number of nitrogens with one attached hydrogen (secondary N) is 1. The zero-order valence-corrected chi connectivity index (χ0v) is 57.8. The minimum Gasteiger partial charge on any atom is -0.461 e. The molecular weight excluding hydrogens is 1180 g/mol. The lowest BCUT2D eigenvalue weighted by molar-refractivity contribution is -0.339. The van der Waals surface area contributed by atoms with Gasteiger partial charge in [-0.3, -0.25) is 14.4 Å². The van der Waals surface area contributed by atoms with Crippen LogP contribution in [0.3, 0.4) is 0 Å². The molecule has 16 heteroatoms. The molecule has 2 N–H and O–H groups in total. The Morgan fingerprint density at radius 2 is 1.54 bits per heavy atom. The number of ketones is 1. The number of alkyl carbamates (subject to hydrolysis) is 1. The van der Waals surface area contributed by atoms with E-state index in [1.165, 1.54) is 57.4 Å². The van der Waals surface area contributed by atoms with Crippen molar-refractivity contribution in [3.05, 3.63) is 94.6 Å². The molecule has 2 aromatic rings. The summed E-state index contributed by atoms with van der Waals surface area (Å²) in [4.78, 5) is 101. The van der Waals surface area contributed by atoms with Gasteiger partial charge in [0.2, 0.25) is 6.10 Å². The number of hydrogen-bond donors (Lipinski definition) is 2. The second-order valence-electron chi connectivity index (χ2n) is 31.8. The number of carbonyl (C=O) groups excluding carboxylic acids is 7. The minimum atomic E-state index is -2.21. The minimum absolute atomic E-state index is 0.0457. The van der Waals surface area contributed by atoms with Gasteiger partial charge in [-0.1, -0.05) is 155 Å². The summed E-state index contributed by atoms with van der Waals surface area (Å²) in [5.74, 6) is 1.93. The summed E-state index contributed by atoms with van der Waals surface area (Å²) in [5, 5.41) is 16.9. The van der Waals surface area contributed by atoms with E-state index in [1.807, 2.05) is 6.92 Å². The smallest absolute Gasteiger partial charge is 0.408 e. The third kappa shape index (κ3) is 12.9. The SMILES string of the molecule is CC(=O)O[C@@]12CO[C@@H]1C[C@H](C)[C@@]1(C)C(=O)[C@H](C)C3=C(C)[C@@H](OC(=O)[C@H](OC(=O)C#CCC(=O)O[C@H]4CC[C@@]5(C)C(=CCC6C5CC[C@@]5(C)C6CC[C@@H]5[C@H](C)CCCC(C)C)C4)[C@@H](NC(=O)OC(C)(C)C)c4ccccc4)C[C@@](O)([C@@H](OC(=O)c4ccccc4)[C@H]21)C3(C)C. The van der Waals surface area contributed by atoms with Crippen molar-refractivity contribution in [2.75, 3.05) is 6.61 Å². The van der Waals surface area contributed by atoms with Crippen molar-refractivity contribution < 1.29 is 71.8 Å². The summed E-state index contributed by atoms with van der Waals surface area (Å²) in [6.45, 7) is 29.0. The molecule has 7 aliphatic carbocycles. The highest BCUT2D eigenvalue weighted by atomic mass is 16.6. The molecule has 0 spiro atoms. The van der Waals surface area contributed by atoms with Crippen LogP contribution in [0.25, 0.3) is 0 Å². The van der Waals surface area contributed by atoms with Gasteiger partial charge in [-0.15, -0.1) is 0 Å². The van der Waals surface area contributed by atoms with Crippen LogP contribution in [0.5, 0.6) is 0 Å². The van der Waals surface area contributed by atoms with Gasteiger partial charge in [-0.2, -0.15) is 0 Å². The van der Waals surface area contributed by atoms with Crippen LogP contribution in [0.1, 0.15) is 216 Å². The molecule has 3 unspecified atom stereocenters. The summed E-state index contributed by atoms with van der Waals surface area (Å²) < 4.78 is 43.5. The maximum Gasteiger partial charge on any atom is 0.408 e. The van der Waals surface area contributed by atoms with E-state index >= 15 is 9.59 Å². The molecule has 2 aromatic carbocycles. The van der Waals surface area contributed by atoms with Crippen LogP contribution >= 0.6 is 0 Å². The molecule has 0 radical (unpaired) electrons. The zero-order valence-electron chi connectivity index (χ0n) is 57.8. The number of hydrogen-bond acceptors (Lipinski definition) is 15. The highest BCUT2D eigenvalue weighted by molar-refractivity contribution is 5.93. The van der Waals surface area contributed by atoms with E-state index in [0.717, 1.165) is 42.9 Å². The van der Waals surface area contributed by atoms with Crippen LogP contribution < -0.4 is 5.32 Å². The van der Waals surface area contributed by atoms with Crippen molar-refractivity contribution in [1.29, 1.82) is 0 Å². The van der Waals surface area contributed by atoms with Gasteiger partial charge in [0.1, 0.15) is 53.9 Å². The third-order valence-electron chi connectivity index (χ3n) is 24.5. The molecule has 10 rings (SSSR count). The molecule has 16 nitrogen and oxygen atoms in total. The maximum atomic E-state index is 15.8. The maximum absolute atomic E-state index is 15.8. The third-order valence-corrected chi connectivity index (χ3v) is 24.5. The fraction of sp³-hybridized carbons (Fsp3) is 0.675. The van der Waals surface area contributed by atoms with Gasteiger partial charge in [0.05, 0.1) is 18.1 Å². The van der Waals surface area contributed by atoms with Crippen molar-refractivity contribution in [3.8, 4) is 11.8 Å². The largest absolute Gasteiger partial charge is 0.461 e. The van der Waals surface area contributed by atoms with Crippen LogP contribution in [0.15, 0.2) is 83.5 Å². The van der Waals surface area contributed by atoms with E-state index in [9.17, 15) is 29.1 Å². The molecule has 1 aliphatic heterocycles. The number of carbonyl (C=O) groups is 7. The summed E-state index contributed by atoms with van der Waals surface area (Å²) in [5.41, 5.74) is -4.46. The fourth-order valence-corrected chi connectivity index (χ4v) is 19.8. The monoisotopic (exact) mass is 1280 g/mol. The summed E-state index contributed by atoms with van der Waals surface area (Å²) in [6, 6.07) is 15.0. The van der Waals surface area contributed by atoms with E-state index in [2.05, 4.69) is 57.9 Å². The molecule has 19 atom stereocenters. The van der Waals surface area contributed by atoms with Gasteiger partial charge in [-0.05, 0) is 160 Å². The molecule has 1 amide bonds. The number of fused-ring (bicyclic) bond motifs is 10. The van der Waals surface area contributed by atoms with E-state index in [0.29, 0.717) is 46.8 Å². The van der Waals surface area contributed by atoms with Crippen LogP contribution in [0.4, 0.5) is 4.79 Å². The highest BCUT2D eigenvalue weighted by Gasteiger charge is 2.77. The molecule has 6 fully saturated rings. The predicted octanol–water partition coefficient (Wildman–Crippen LogP) is 13.7. The standard InChI is InChI=1S/C77H103NO15/c1-44(2)24-22-25-45(3)55-34-35-56-54-33-32-52-41-53(36-38-73(52,13)57(54)37-39-74(55,56)14)88-60(80)30-23-31-61(81)90-64(63(50-26-18-16-19-27-50)78-70(85)93-71(8,9)10)69(84)89-58-42-77(86)67(91-68(83)51-28-20-17-21-29-51)65-75(15,66(82)48(6)62(47(58)5)72(77,11)12)46(4)40-59-76(65,43-87-59)92-49(7)79/h16-21,26-29,32,44-46,48,53-59,63-65,67,86H,22,24-25,30,33-43H2,1-15H3,(H,78,85)/t45-,46+,48-,53+,54?,55-,56?,57?,58+,59-,63+,64-,65+,67+,73+,74-,75-,76+,77-/m1/s1. The number of benzene rings is 2. The predicted molar refractivity (Wildman–Crippen MR) is 349 cm³/mol. The Labute approximate surface area is 551 Å². The quantitative estimate of drug-likeness (QED) is 0.0525. The van der Waals surface area contributed by atoms with Crippen molar-refractivity contribution in [1.82, 2.24) is 5.32 Å². The summed E-state index contributed by atoms with van der Waals surface area (Å²) >= 11 is 0. The Balaban J connectivity index is 0.910. The van der Waals surface area contributed by atoms with Crippen molar-refractivity contribution in [2.45, 2.75) is 247 Å². The highest BCUT2D eigenvalue weighted by Crippen LogP contribution is 2.69. The van der Waals surface area contributed by atoms with Gasteiger partial charge < -0.3 is 43.6 Å². The number of aliphatic hydroxyl groups is 1. The first-order valence-corrected chi connectivity index (χ1v) is 34.6. The first-order valence-electron chi connectivity index (χ1n) is 34.6. The Bertz CT molecular complexity index is 3320. The Hall–Kier alpha value is -6.31. The summed E-state index contributed by atoms with van der Waals surface area (Å²) in [7, 11) is 0. The molecule has 0 aromatic heterocycles. The van der Waals surface area contributed by atoms with Gasteiger partial charge >= 0.3 is 35.9 Å². The van der Waals surface area contributed by atoms with Crippen LogP contribution in [0, 0.1) is 86.8 Å². The molecule has 5 saturated carbocycles. The van der Waals surface area contributed by atoms with E-state index in [-0.39, 0.29) is 29.5 Å². The van der Waals surface area contributed by atoms with Gasteiger partial charge in [0.15, 0.2) is 5.60 Å². The van der Waals surface area contributed by atoms with Gasteiger partial charge in [0, 0.05) is 42.4 Å². The van der Waals surface area contributed by atoms with Crippen LogP contribution in [0.2, 0.25) is 0 Å². The second-order valence-corrected chi connectivity index (χ2v) is 31.8. The lowest BCUT2D eigenvalue weighted by atomic mass is 9.42. The normalized spacial score (nSPS) is 35.8. The van der Waals surface area contributed by atoms with E-state index < -0.39 is 125 Å². The van der Waals surface area contributed by atoms with Crippen LogP contribution in [-0.4, -0.2) is 101 Å². The molecule has 93 heavy (non-hydrogen) atoms. The van der Waals surface area contributed by atoms with Crippen molar-refractivity contribution in [2.24, 2.45) is 74.9 Å². The zero-order chi connectivity index (χ0) is 67.5. The van der Waals surface area contributed by atoms with Gasteiger partial charge in [-0.25, -0.2) is 19.2 Å². The lowest BCUT2D eigenvalue weighted by Crippen LogP contribution is -2.80. The average Bonchev–Trinajstić information content (AvgIpc) is 1.06. The number of allylic oxidation sites excluding steroid dienone is 1. The fourth-order valence-electron chi connectivity index (χ4n) is 19.8. The van der Waals surface area contributed by atoms with E-state index in [4.69, 9.17) is 33.2 Å². The van der Waals surface area contributed by atoms with Crippen molar-refractivity contribution in [3.63, 3.8) is 0 Å². The molecule has 1 saturated heterocycles.